The number of thiazole rings is 1. The van der Waals surface area contributed by atoms with Gasteiger partial charge in [0.25, 0.3) is 0 Å². The molecule has 0 aliphatic carbocycles. The Morgan fingerprint density at radius 1 is 1.19 bits per heavy atom. The minimum atomic E-state index is 0.190. The van der Waals surface area contributed by atoms with Gasteiger partial charge in [-0.3, -0.25) is 0 Å². The molecule has 0 spiro atoms. The van der Waals surface area contributed by atoms with Crippen LogP contribution in [-0.2, 0) is 6.42 Å². The molecule has 21 heavy (non-hydrogen) atoms. The highest BCUT2D eigenvalue weighted by Gasteiger charge is 2.15. The van der Waals surface area contributed by atoms with Crippen LogP contribution in [0.1, 0.15) is 22.2 Å². The zero-order chi connectivity index (χ0) is 14.7. The number of nitriles is 1. The summed E-state index contributed by atoms with van der Waals surface area (Å²) in [6.45, 7) is 0. The summed E-state index contributed by atoms with van der Waals surface area (Å²) in [5.74, 6) is 0. The number of nitrogens with one attached hydrogen (secondary N) is 1. The van der Waals surface area contributed by atoms with Gasteiger partial charge in [0.1, 0.15) is 5.01 Å². The molecule has 1 atom stereocenters. The maximum Gasteiger partial charge on any atom is 0.111 e. The first-order chi connectivity index (χ1) is 10.3. The van der Waals surface area contributed by atoms with Gasteiger partial charge in [-0.1, -0.05) is 24.3 Å². The first kappa shape index (κ1) is 13.7. The van der Waals surface area contributed by atoms with Crippen molar-refractivity contribution in [2.75, 3.05) is 7.05 Å². The Kier molecular flexibility index (Phi) is 3.96. The van der Waals surface area contributed by atoms with Crippen LogP contribution in [0.5, 0.6) is 0 Å². The van der Waals surface area contributed by atoms with E-state index >= 15 is 0 Å². The van der Waals surface area contributed by atoms with Crippen LogP contribution in [0.2, 0.25) is 0 Å². The maximum atomic E-state index is 8.84. The summed E-state index contributed by atoms with van der Waals surface area (Å²) >= 11 is 1.73. The van der Waals surface area contributed by atoms with Gasteiger partial charge in [-0.2, -0.15) is 5.26 Å². The Morgan fingerprint density at radius 2 is 1.95 bits per heavy atom. The zero-order valence-electron chi connectivity index (χ0n) is 11.7. The molecule has 0 aliphatic heterocycles. The van der Waals surface area contributed by atoms with Crippen LogP contribution in [0, 0.1) is 11.3 Å². The van der Waals surface area contributed by atoms with Crippen molar-refractivity contribution in [3.05, 3.63) is 64.7 Å². The number of aromatic nitrogens is 1. The average Bonchev–Trinajstić information content (AvgIpc) is 2.97. The van der Waals surface area contributed by atoms with E-state index in [4.69, 9.17) is 10.2 Å². The topological polar surface area (TPSA) is 48.7 Å². The number of nitrogens with zero attached hydrogens (tertiary/aromatic N) is 2. The molecule has 1 N–H and O–H groups in total. The van der Waals surface area contributed by atoms with Crippen molar-refractivity contribution in [3.8, 4) is 6.07 Å². The van der Waals surface area contributed by atoms with E-state index in [0.717, 1.165) is 16.9 Å². The second-order valence-electron chi connectivity index (χ2n) is 4.87. The van der Waals surface area contributed by atoms with Crippen LogP contribution in [0.15, 0.2) is 48.5 Å². The Bertz CT molecular complexity index is 751. The smallest absolute Gasteiger partial charge is 0.111 e. The quantitative estimate of drug-likeness (QED) is 0.798. The third kappa shape index (κ3) is 2.94. The molecule has 0 saturated carbocycles. The fourth-order valence-electron chi connectivity index (χ4n) is 2.30. The van der Waals surface area contributed by atoms with Crippen LogP contribution in [-0.4, -0.2) is 12.0 Å². The lowest BCUT2D eigenvalue weighted by molar-refractivity contribution is 0.589. The molecule has 1 unspecified atom stereocenters. The zero-order valence-corrected chi connectivity index (χ0v) is 12.5. The summed E-state index contributed by atoms with van der Waals surface area (Å²) in [5.41, 5.74) is 2.95. The van der Waals surface area contributed by atoms with E-state index in [9.17, 15) is 0 Å². The van der Waals surface area contributed by atoms with Gasteiger partial charge < -0.3 is 5.32 Å². The molecule has 0 fully saturated rings. The molecule has 1 heterocycles. The monoisotopic (exact) mass is 293 g/mol. The van der Waals surface area contributed by atoms with Crippen LogP contribution >= 0.6 is 11.3 Å². The summed E-state index contributed by atoms with van der Waals surface area (Å²) < 4.78 is 1.22. The third-order valence-corrected chi connectivity index (χ3v) is 4.63. The largest absolute Gasteiger partial charge is 0.311 e. The molecule has 3 rings (SSSR count). The number of fused-ring (bicyclic) bond motifs is 1. The first-order valence-electron chi connectivity index (χ1n) is 6.82. The minimum absolute atomic E-state index is 0.190. The lowest BCUT2D eigenvalue weighted by atomic mass is 10.0. The van der Waals surface area contributed by atoms with Crippen molar-refractivity contribution in [1.82, 2.24) is 10.3 Å². The molecular formula is C17H15N3S. The van der Waals surface area contributed by atoms with Crippen LogP contribution in [0.3, 0.4) is 0 Å². The summed E-state index contributed by atoms with van der Waals surface area (Å²) in [5, 5.41) is 13.3. The van der Waals surface area contributed by atoms with E-state index in [0.29, 0.717) is 5.56 Å². The highest BCUT2D eigenvalue weighted by molar-refractivity contribution is 7.18. The Balaban J connectivity index is 1.85. The maximum absolute atomic E-state index is 8.84. The average molecular weight is 293 g/mol. The number of rotatable bonds is 4. The van der Waals surface area contributed by atoms with E-state index < -0.39 is 0 Å². The van der Waals surface area contributed by atoms with Crippen LogP contribution in [0.25, 0.3) is 10.2 Å². The predicted molar refractivity (Wildman–Crippen MR) is 86.3 cm³/mol. The minimum Gasteiger partial charge on any atom is -0.311 e. The fraction of sp³-hybridized carbons (Fsp3) is 0.176. The van der Waals surface area contributed by atoms with Gasteiger partial charge in [-0.15, -0.1) is 11.3 Å². The van der Waals surface area contributed by atoms with E-state index in [2.05, 4.69) is 17.5 Å². The predicted octanol–water partition coefficient (Wildman–Crippen LogP) is 3.67. The Morgan fingerprint density at radius 3 is 2.62 bits per heavy atom. The Labute approximate surface area is 127 Å². The van der Waals surface area contributed by atoms with E-state index in [-0.39, 0.29) is 6.04 Å². The molecular weight excluding hydrogens is 278 g/mol. The second kappa shape index (κ2) is 6.04. The number of benzene rings is 2. The number of para-hydroxylation sites is 1. The van der Waals surface area contributed by atoms with Crippen molar-refractivity contribution in [3.63, 3.8) is 0 Å². The lowest BCUT2D eigenvalue weighted by Crippen LogP contribution is -2.18. The molecule has 2 aromatic carbocycles. The van der Waals surface area contributed by atoms with Crippen molar-refractivity contribution in [2.45, 2.75) is 12.5 Å². The first-order valence-corrected chi connectivity index (χ1v) is 7.63. The number of likely N-dealkylation sites (N-methyl/N-ethyl adjacent to an activating group) is 1. The number of hydrogen-bond donors (Lipinski definition) is 1. The summed E-state index contributed by atoms with van der Waals surface area (Å²) in [7, 11) is 1.96. The molecule has 3 nitrogen and oxygen atoms in total. The van der Waals surface area contributed by atoms with Gasteiger partial charge in [0.15, 0.2) is 0 Å². The standard InChI is InChI=1S/C17H15N3S/c1-19-15(10-12-6-8-13(11-18)9-7-12)17-20-14-4-2-3-5-16(14)21-17/h2-9,15,19H,10H2,1H3. The summed E-state index contributed by atoms with van der Waals surface area (Å²) in [6.07, 6.45) is 0.863. The molecule has 3 aromatic rings. The van der Waals surface area contributed by atoms with Crippen molar-refractivity contribution in [1.29, 1.82) is 5.26 Å². The molecule has 0 amide bonds. The lowest BCUT2D eigenvalue weighted by Gasteiger charge is -2.13. The fourth-order valence-corrected chi connectivity index (χ4v) is 3.38. The molecule has 0 saturated heterocycles. The van der Waals surface area contributed by atoms with Gasteiger partial charge in [0.05, 0.1) is 27.9 Å². The SMILES string of the molecule is CNC(Cc1ccc(C#N)cc1)c1nc2ccccc2s1. The van der Waals surface area contributed by atoms with Gasteiger partial charge in [-0.25, -0.2) is 4.98 Å². The van der Waals surface area contributed by atoms with E-state index in [1.807, 2.05) is 49.5 Å². The van der Waals surface area contributed by atoms with Crippen LogP contribution < -0.4 is 5.32 Å². The molecule has 4 heteroatoms. The molecule has 0 aliphatic rings. The van der Waals surface area contributed by atoms with Gasteiger partial charge in [0.2, 0.25) is 0 Å². The third-order valence-electron chi connectivity index (χ3n) is 3.48. The molecule has 1 aromatic heterocycles. The summed E-state index contributed by atoms with van der Waals surface area (Å²) in [4.78, 5) is 4.72. The van der Waals surface area contributed by atoms with Gasteiger partial charge in [-0.05, 0) is 43.3 Å². The normalized spacial score (nSPS) is 12.2. The van der Waals surface area contributed by atoms with E-state index in [1.54, 1.807) is 11.3 Å². The summed E-state index contributed by atoms with van der Waals surface area (Å²) in [6, 6.07) is 18.3. The van der Waals surface area contributed by atoms with Crippen LogP contribution in [0.4, 0.5) is 0 Å². The van der Waals surface area contributed by atoms with E-state index in [1.165, 1.54) is 10.3 Å². The molecule has 0 bridgehead atoms. The highest BCUT2D eigenvalue weighted by Crippen LogP contribution is 2.28. The van der Waals surface area contributed by atoms with Gasteiger partial charge in [0, 0.05) is 0 Å². The second-order valence-corrected chi connectivity index (χ2v) is 5.94. The van der Waals surface area contributed by atoms with Crippen molar-refractivity contribution in [2.24, 2.45) is 0 Å². The molecule has 0 radical (unpaired) electrons. The number of hydrogen-bond acceptors (Lipinski definition) is 4. The Hall–Kier alpha value is -2.22. The van der Waals surface area contributed by atoms with Crippen molar-refractivity contribution < 1.29 is 0 Å². The highest BCUT2D eigenvalue weighted by atomic mass is 32.1. The molecule has 104 valence electrons. The van der Waals surface area contributed by atoms with Gasteiger partial charge >= 0.3 is 0 Å². The van der Waals surface area contributed by atoms with Crippen molar-refractivity contribution >= 4 is 21.6 Å².